The fourth-order valence-electron chi connectivity index (χ4n) is 9.57. The van der Waals surface area contributed by atoms with E-state index in [4.69, 9.17) is 0 Å². The lowest BCUT2D eigenvalue weighted by Crippen LogP contribution is -2.49. The van der Waals surface area contributed by atoms with Crippen LogP contribution in [0.5, 0.6) is 0 Å². The van der Waals surface area contributed by atoms with Gasteiger partial charge < -0.3 is 5.11 Å². The van der Waals surface area contributed by atoms with Gasteiger partial charge in [-0.15, -0.1) is 0 Å². The third-order valence-electron chi connectivity index (χ3n) is 11.7. The summed E-state index contributed by atoms with van der Waals surface area (Å²) in [6.07, 6.45) is 14.7. The van der Waals surface area contributed by atoms with E-state index in [0.717, 1.165) is 36.0 Å². The minimum absolute atomic E-state index is 0.0661. The van der Waals surface area contributed by atoms with Crippen LogP contribution in [0.15, 0.2) is 11.1 Å². The van der Waals surface area contributed by atoms with Crippen molar-refractivity contribution in [1.82, 2.24) is 0 Å². The van der Waals surface area contributed by atoms with Crippen molar-refractivity contribution >= 4 is 0 Å². The number of rotatable bonds is 6. The molecule has 178 valence electrons. The van der Waals surface area contributed by atoms with Crippen LogP contribution >= 0.6 is 0 Å². The molecule has 0 bridgehead atoms. The highest BCUT2D eigenvalue weighted by molar-refractivity contribution is 5.34. The molecule has 2 saturated carbocycles. The van der Waals surface area contributed by atoms with Crippen molar-refractivity contribution < 1.29 is 5.11 Å². The number of aliphatic hydroxyl groups is 1. The first kappa shape index (κ1) is 23.8. The fourth-order valence-corrected chi connectivity index (χ4v) is 9.57. The molecule has 0 radical (unpaired) electrons. The molecular weight excluding hydrogens is 376 g/mol. The average molecular weight is 429 g/mol. The Morgan fingerprint density at radius 2 is 1.71 bits per heavy atom. The summed E-state index contributed by atoms with van der Waals surface area (Å²) < 4.78 is 0. The summed E-state index contributed by atoms with van der Waals surface area (Å²) in [5.74, 6) is 5.58. The molecule has 31 heavy (non-hydrogen) atoms. The zero-order valence-corrected chi connectivity index (χ0v) is 21.8. The molecule has 0 aliphatic heterocycles. The first-order chi connectivity index (χ1) is 14.6. The van der Waals surface area contributed by atoms with Crippen molar-refractivity contribution in [3.8, 4) is 0 Å². The Morgan fingerprint density at radius 3 is 2.39 bits per heavy atom. The molecule has 0 amide bonds. The van der Waals surface area contributed by atoms with Crippen LogP contribution in [-0.4, -0.2) is 11.2 Å². The van der Waals surface area contributed by atoms with Crippen molar-refractivity contribution in [2.75, 3.05) is 0 Å². The summed E-state index contributed by atoms with van der Waals surface area (Å²) in [5.41, 5.74) is 4.72. The third-order valence-corrected chi connectivity index (χ3v) is 11.7. The van der Waals surface area contributed by atoms with Gasteiger partial charge >= 0.3 is 0 Å². The van der Waals surface area contributed by atoms with Gasteiger partial charge in [0.2, 0.25) is 0 Å². The van der Waals surface area contributed by atoms with Gasteiger partial charge in [-0.2, -0.15) is 0 Å². The summed E-state index contributed by atoms with van der Waals surface area (Å²) >= 11 is 0. The topological polar surface area (TPSA) is 20.2 Å². The molecule has 1 nitrogen and oxygen atoms in total. The molecule has 4 aliphatic rings. The molecule has 1 N–H and O–H groups in total. The van der Waals surface area contributed by atoms with Crippen LogP contribution in [0.2, 0.25) is 0 Å². The number of fused-ring (bicyclic) bond motifs is 4. The van der Waals surface area contributed by atoms with Crippen molar-refractivity contribution in [1.29, 1.82) is 0 Å². The smallest absolute Gasteiger partial charge is 0.0569 e. The predicted octanol–water partition coefficient (Wildman–Crippen LogP) is 8.41. The van der Waals surface area contributed by atoms with Crippen molar-refractivity contribution in [2.45, 2.75) is 125 Å². The van der Waals surface area contributed by atoms with Crippen molar-refractivity contribution in [3.63, 3.8) is 0 Å². The Balaban J connectivity index is 1.52. The summed E-state index contributed by atoms with van der Waals surface area (Å²) in [5, 5.41) is 10.5. The van der Waals surface area contributed by atoms with Gasteiger partial charge in [0.05, 0.1) is 6.10 Å². The summed E-state index contributed by atoms with van der Waals surface area (Å²) in [6.45, 7) is 17.4. The molecule has 0 saturated heterocycles. The van der Waals surface area contributed by atoms with Gasteiger partial charge in [0.1, 0.15) is 0 Å². The van der Waals surface area contributed by atoms with E-state index in [9.17, 15) is 5.11 Å². The van der Waals surface area contributed by atoms with Crippen LogP contribution in [0, 0.1) is 52.3 Å². The minimum Gasteiger partial charge on any atom is -0.393 e. The molecule has 4 rings (SSSR count). The Morgan fingerprint density at radius 1 is 0.968 bits per heavy atom. The molecule has 4 aliphatic carbocycles. The first-order valence-corrected chi connectivity index (χ1v) is 14.0. The Hall–Kier alpha value is -0.300. The SMILES string of the molecule is CCC(CC[C@@H](C)[C@H]1CC[C@H]2C3=C(CC[C@]12C)[C@@]1(C)CC[C@H](O)[C@@H](C)C1CC3)C(C)C. The maximum absolute atomic E-state index is 10.5. The average Bonchev–Trinajstić information content (AvgIpc) is 3.08. The van der Waals surface area contributed by atoms with Crippen molar-refractivity contribution in [2.24, 2.45) is 52.3 Å². The lowest BCUT2D eigenvalue weighted by molar-refractivity contribution is -0.0336. The van der Waals surface area contributed by atoms with E-state index in [1.54, 1.807) is 0 Å². The highest BCUT2D eigenvalue weighted by Gasteiger charge is 2.56. The lowest BCUT2D eigenvalue weighted by Gasteiger charge is -2.56. The molecule has 0 aromatic carbocycles. The molecule has 0 heterocycles. The monoisotopic (exact) mass is 428 g/mol. The maximum atomic E-state index is 10.5. The van der Waals surface area contributed by atoms with E-state index >= 15 is 0 Å². The van der Waals surface area contributed by atoms with Crippen molar-refractivity contribution in [3.05, 3.63) is 11.1 Å². The van der Waals surface area contributed by atoms with E-state index in [1.807, 2.05) is 11.1 Å². The second-order valence-corrected chi connectivity index (χ2v) is 13.2. The second-order valence-electron chi connectivity index (χ2n) is 13.2. The van der Waals surface area contributed by atoms with Crippen LogP contribution < -0.4 is 0 Å². The van der Waals surface area contributed by atoms with Gasteiger partial charge in [-0.05, 0) is 110 Å². The fraction of sp³-hybridized carbons (Fsp3) is 0.933. The molecule has 0 aromatic rings. The molecular formula is C30H52O. The van der Waals surface area contributed by atoms with Gasteiger partial charge in [0.25, 0.3) is 0 Å². The molecule has 0 spiro atoms. The van der Waals surface area contributed by atoms with Crippen LogP contribution in [0.1, 0.15) is 119 Å². The lowest BCUT2D eigenvalue weighted by atomic mass is 9.49. The second kappa shape index (κ2) is 8.81. The molecule has 2 fully saturated rings. The van der Waals surface area contributed by atoms with Gasteiger partial charge in [-0.1, -0.05) is 72.5 Å². The van der Waals surface area contributed by atoms with Gasteiger partial charge in [0.15, 0.2) is 0 Å². The van der Waals surface area contributed by atoms with Gasteiger partial charge in [-0.25, -0.2) is 0 Å². The Bertz CT molecular complexity index is 676. The first-order valence-electron chi connectivity index (χ1n) is 14.0. The van der Waals surface area contributed by atoms with Crippen LogP contribution in [-0.2, 0) is 0 Å². The third kappa shape index (κ3) is 3.87. The number of hydrogen-bond acceptors (Lipinski definition) is 1. The molecule has 1 heteroatoms. The van der Waals surface area contributed by atoms with E-state index in [-0.39, 0.29) is 6.10 Å². The highest BCUT2D eigenvalue weighted by Crippen LogP contribution is 2.66. The summed E-state index contributed by atoms with van der Waals surface area (Å²) in [4.78, 5) is 0. The van der Waals surface area contributed by atoms with E-state index in [0.29, 0.717) is 22.7 Å². The van der Waals surface area contributed by atoms with E-state index < -0.39 is 0 Å². The number of aliphatic hydroxyl groups excluding tert-OH is 1. The minimum atomic E-state index is -0.0661. The Kier molecular flexibility index (Phi) is 6.78. The normalized spacial score (nSPS) is 44.6. The molecule has 9 atom stereocenters. The van der Waals surface area contributed by atoms with E-state index in [2.05, 4.69) is 48.5 Å². The maximum Gasteiger partial charge on any atom is 0.0569 e. The zero-order chi connectivity index (χ0) is 22.6. The summed E-state index contributed by atoms with van der Waals surface area (Å²) in [6, 6.07) is 0. The molecule has 2 unspecified atom stereocenters. The van der Waals surface area contributed by atoms with E-state index in [1.165, 1.54) is 64.2 Å². The largest absolute Gasteiger partial charge is 0.393 e. The standard InChI is InChI=1S/C30H52O/c1-8-22(19(2)3)10-9-20(4)24-13-14-26-23-11-12-25-21(5)28(31)16-18-30(25,7)27(23)15-17-29(24,26)6/h19-22,24-26,28,31H,8-18H2,1-7H3/t20-,21+,22?,24-,25?,26+,28+,29-,30+/m1/s1. The number of hydrogen-bond donors (Lipinski definition) is 1. The predicted molar refractivity (Wildman–Crippen MR) is 133 cm³/mol. The highest BCUT2D eigenvalue weighted by atomic mass is 16.3. The quantitative estimate of drug-likeness (QED) is 0.421. The molecule has 0 aromatic heterocycles. The van der Waals surface area contributed by atoms with Gasteiger partial charge in [0, 0.05) is 0 Å². The Labute approximate surface area is 193 Å². The summed E-state index contributed by atoms with van der Waals surface area (Å²) in [7, 11) is 0. The zero-order valence-electron chi connectivity index (χ0n) is 21.8. The van der Waals surface area contributed by atoms with Crippen LogP contribution in [0.25, 0.3) is 0 Å². The van der Waals surface area contributed by atoms with Gasteiger partial charge in [-0.3, -0.25) is 0 Å². The van der Waals surface area contributed by atoms with Crippen LogP contribution in [0.4, 0.5) is 0 Å². The van der Waals surface area contributed by atoms with Crippen LogP contribution in [0.3, 0.4) is 0 Å². The number of allylic oxidation sites excluding steroid dienone is 2.